The number of carbonyl (C=O) groups is 1. The van der Waals surface area contributed by atoms with Gasteiger partial charge in [0.1, 0.15) is 17.5 Å². The smallest absolute Gasteiger partial charge is 0.243 e. The van der Waals surface area contributed by atoms with Crippen molar-refractivity contribution in [3.05, 3.63) is 131 Å². The lowest BCUT2D eigenvalue weighted by Gasteiger charge is -2.40. The van der Waals surface area contributed by atoms with Crippen molar-refractivity contribution in [2.24, 2.45) is 5.73 Å². The molecule has 0 bridgehead atoms. The lowest BCUT2D eigenvalue weighted by Crippen LogP contribution is -2.58. The monoisotopic (exact) mass is 636 g/mol. The predicted octanol–water partition coefficient (Wildman–Crippen LogP) is 5.19. The molecule has 1 saturated heterocycles. The molecule has 0 saturated carbocycles. The Hall–Kier alpha value is -4.03. The van der Waals surface area contributed by atoms with Gasteiger partial charge in [0.15, 0.2) is 0 Å². The van der Waals surface area contributed by atoms with Gasteiger partial charge < -0.3 is 16.4 Å². The molecule has 7 nitrogen and oxygen atoms in total. The number of nitrogens with two attached hydrogens (primary N) is 1. The van der Waals surface area contributed by atoms with Crippen molar-refractivity contribution in [2.75, 3.05) is 18.4 Å². The third kappa shape index (κ3) is 7.28. The molecule has 0 radical (unpaired) electrons. The van der Waals surface area contributed by atoms with Crippen molar-refractivity contribution in [2.45, 2.75) is 48.7 Å². The number of rotatable bonds is 10. The van der Waals surface area contributed by atoms with Gasteiger partial charge in [-0.15, -0.1) is 0 Å². The summed E-state index contributed by atoms with van der Waals surface area (Å²) in [4.78, 5) is 13.8. The first kappa shape index (κ1) is 32.4. The normalized spacial score (nSPS) is 18.1. The summed E-state index contributed by atoms with van der Waals surface area (Å²) < 4.78 is 72.4. The summed E-state index contributed by atoms with van der Waals surface area (Å²) in [5, 5.41) is 5.99. The zero-order valence-electron chi connectivity index (χ0n) is 24.7. The van der Waals surface area contributed by atoms with Crippen molar-refractivity contribution >= 4 is 21.6 Å². The van der Waals surface area contributed by atoms with E-state index in [1.165, 1.54) is 52.8 Å². The zero-order valence-corrected chi connectivity index (χ0v) is 25.5. The number of halogens is 3. The largest absolute Gasteiger partial charge is 0.324 e. The minimum atomic E-state index is -3.82. The fourth-order valence-corrected chi connectivity index (χ4v) is 7.86. The molecule has 1 fully saturated rings. The van der Waals surface area contributed by atoms with E-state index < -0.39 is 51.4 Å². The molecular formula is C34H35F3N4O3S. The first-order valence-corrected chi connectivity index (χ1v) is 16.1. The quantitative estimate of drug-likeness (QED) is 0.223. The van der Waals surface area contributed by atoms with E-state index in [9.17, 15) is 22.0 Å². The molecule has 1 aliphatic heterocycles. The van der Waals surface area contributed by atoms with Gasteiger partial charge in [-0.05, 0) is 79.4 Å². The first-order valence-electron chi connectivity index (χ1n) is 14.7. The average Bonchev–Trinajstić information content (AvgIpc) is 3.01. The van der Waals surface area contributed by atoms with Gasteiger partial charge >= 0.3 is 0 Å². The van der Waals surface area contributed by atoms with Crippen molar-refractivity contribution in [3.8, 4) is 0 Å². The molecule has 0 spiro atoms. The van der Waals surface area contributed by atoms with Gasteiger partial charge in [-0.25, -0.2) is 21.6 Å². The Morgan fingerprint density at radius 3 is 2.16 bits per heavy atom. The van der Waals surface area contributed by atoms with Crippen LogP contribution in [-0.2, 0) is 21.2 Å². The van der Waals surface area contributed by atoms with Crippen LogP contribution in [0.2, 0.25) is 0 Å². The second-order valence-electron chi connectivity index (χ2n) is 11.2. The van der Waals surface area contributed by atoms with E-state index in [2.05, 4.69) is 10.6 Å². The third-order valence-electron chi connectivity index (χ3n) is 8.11. The molecule has 4 N–H and O–H groups in total. The van der Waals surface area contributed by atoms with Crippen molar-refractivity contribution in [1.29, 1.82) is 0 Å². The van der Waals surface area contributed by atoms with Crippen LogP contribution < -0.4 is 16.4 Å². The topological polar surface area (TPSA) is 105 Å². The van der Waals surface area contributed by atoms with Gasteiger partial charge in [-0.3, -0.25) is 4.79 Å². The lowest BCUT2D eigenvalue weighted by molar-refractivity contribution is -0.117. The van der Waals surface area contributed by atoms with Crippen LogP contribution in [0.4, 0.5) is 18.9 Å². The van der Waals surface area contributed by atoms with Crippen molar-refractivity contribution < 1.29 is 26.4 Å². The fourth-order valence-electron chi connectivity index (χ4n) is 5.99. The number of nitrogens with zero attached hydrogens (tertiary/aromatic N) is 1. The highest BCUT2D eigenvalue weighted by Crippen LogP contribution is 2.31. The minimum Gasteiger partial charge on any atom is -0.324 e. The van der Waals surface area contributed by atoms with Gasteiger partial charge in [-0.2, -0.15) is 4.31 Å². The summed E-state index contributed by atoms with van der Waals surface area (Å²) in [5.74, 6) is -3.23. The average molecular weight is 637 g/mol. The number of piperazine rings is 1. The van der Waals surface area contributed by atoms with E-state index in [1.54, 1.807) is 48.5 Å². The Bertz CT molecular complexity index is 1710. The molecule has 4 aromatic carbocycles. The summed E-state index contributed by atoms with van der Waals surface area (Å²) in [5.41, 5.74) is 7.59. The Morgan fingerprint density at radius 1 is 0.911 bits per heavy atom. The maximum Gasteiger partial charge on any atom is 0.243 e. The van der Waals surface area contributed by atoms with Crippen molar-refractivity contribution in [3.63, 3.8) is 0 Å². The Balaban J connectivity index is 1.39. The van der Waals surface area contributed by atoms with Crippen LogP contribution in [0.15, 0.2) is 102 Å². The highest BCUT2D eigenvalue weighted by atomic mass is 32.2. The molecule has 3 atom stereocenters. The first-order chi connectivity index (χ1) is 21.6. The van der Waals surface area contributed by atoms with Gasteiger partial charge in [0.05, 0.1) is 10.9 Å². The molecular weight excluding hydrogens is 601 g/mol. The van der Waals surface area contributed by atoms with Crippen LogP contribution in [0.5, 0.6) is 0 Å². The molecule has 1 unspecified atom stereocenters. The molecule has 4 aromatic rings. The molecule has 11 heteroatoms. The second kappa shape index (κ2) is 13.9. The van der Waals surface area contributed by atoms with E-state index in [1.807, 2.05) is 6.92 Å². The molecule has 0 aliphatic carbocycles. The van der Waals surface area contributed by atoms with Crippen LogP contribution in [0.3, 0.4) is 0 Å². The Kier molecular flexibility index (Phi) is 10.0. The molecule has 236 valence electrons. The maximum absolute atomic E-state index is 15.3. The van der Waals surface area contributed by atoms with E-state index in [-0.39, 0.29) is 35.0 Å². The fraction of sp³-hybridized carbons (Fsp3) is 0.265. The Morgan fingerprint density at radius 2 is 1.53 bits per heavy atom. The lowest BCUT2D eigenvalue weighted by atomic mass is 9.84. The van der Waals surface area contributed by atoms with Crippen LogP contribution >= 0.6 is 0 Å². The zero-order chi connectivity index (χ0) is 32.1. The number of hydrogen-bond acceptors (Lipinski definition) is 5. The van der Waals surface area contributed by atoms with Gasteiger partial charge in [0.25, 0.3) is 0 Å². The molecule has 0 aromatic heterocycles. The summed E-state index contributed by atoms with van der Waals surface area (Å²) in [7, 11) is -3.82. The van der Waals surface area contributed by atoms with E-state index >= 15 is 4.39 Å². The van der Waals surface area contributed by atoms with Crippen molar-refractivity contribution in [1.82, 2.24) is 9.62 Å². The van der Waals surface area contributed by atoms with Crippen LogP contribution in [0.1, 0.15) is 36.0 Å². The maximum atomic E-state index is 15.3. The summed E-state index contributed by atoms with van der Waals surface area (Å²) in [6, 6.07) is 21.5. The van der Waals surface area contributed by atoms with Gasteiger partial charge in [-0.1, -0.05) is 48.5 Å². The number of anilines is 1. The SMILES string of the molecule is C[C@H]1CNC[C@H](CCc2c(F)cccc2NC(=O)C(N)C(c2cccc(F)c2)c2cccc(F)c2)N1S(=O)(=O)c1ccccc1. The molecule has 1 aliphatic rings. The predicted molar refractivity (Wildman–Crippen MR) is 168 cm³/mol. The summed E-state index contributed by atoms with van der Waals surface area (Å²) >= 11 is 0. The minimum absolute atomic E-state index is 0.120. The standard InChI is InChI=1S/C34H35F3N4O3S/c1-22-20-39-21-27(41(22)45(43,44)28-12-3-2-4-13-28)16-17-29-30(37)14-7-15-31(29)40-34(42)33(38)32(23-8-5-10-25(35)18-23)24-9-6-11-26(36)19-24/h2-15,18-19,22,27,32-33,39H,16-17,20-21,38H2,1H3,(H,40,42)/t22-,27-,33?/m0/s1. The van der Waals surface area contributed by atoms with E-state index in [4.69, 9.17) is 5.73 Å². The van der Waals surface area contributed by atoms with Gasteiger partial charge in [0, 0.05) is 42.3 Å². The van der Waals surface area contributed by atoms with E-state index in [0.717, 1.165) is 0 Å². The molecule has 5 rings (SSSR count). The number of sulfonamides is 1. The van der Waals surface area contributed by atoms with Crippen LogP contribution in [0.25, 0.3) is 0 Å². The number of amides is 1. The summed E-state index contributed by atoms with van der Waals surface area (Å²) in [6.07, 6.45) is 0.392. The summed E-state index contributed by atoms with van der Waals surface area (Å²) in [6.45, 7) is 2.67. The Labute approximate surface area is 261 Å². The van der Waals surface area contributed by atoms with Crippen LogP contribution in [0, 0.1) is 17.5 Å². The number of nitrogens with one attached hydrogen (secondary N) is 2. The number of benzene rings is 4. The van der Waals surface area contributed by atoms with Crippen LogP contribution in [-0.4, -0.2) is 49.8 Å². The van der Waals surface area contributed by atoms with E-state index in [0.29, 0.717) is 24.2 Å². The highest BCUT2D eigenvalue weighted by Gasteiger charge is 2.38. The molecule has 45 heavy (non-hydrogen) atoms. The second-order valence-corrected chi connectivity index (χ2v) is 13.1. The molecule has 1 amide bonds. The third-order valence-corrected chi connectivity index (χ3v) is 10.2. The molecule has 1 heterocycles. The number of hydrogen-bond donors (Lipinski definition) is 3. The number of carbonyl (C=O) groups excluding carboxylic acids is 1. The van der Waals surface area contributed by atoms with Gasteiger partial charge in [0.2, 0.25) is 15.9 Å². The highest BCUT2D eigenvalue weighted by molar-refractivity contribution is 7.89.